The molecule has 0 atom stereocenters. The number of nitrogen functional groups attached to an aromatic ring is 1. The minimum absolute atomic E-state index is 0.836. The molecule has 0 saturated heterocycles. The summed E-state index contributed by atoms with van der Waals surface area (Å²) in [5, 5.41) is 6.78. The molecular formula is C11H12N4. The van der Waals surface area contributed by atoms with E-state index in [1.165, 1.54) is 11.1 Å². The summed E-state index contributed by atoms with van der Waals surface area (Å²) in [6, 6.07) is 6.11. The number of benzene rings is 1. The highest BCUT2D eigenvalue weighted by Gasteiger charge is 2.19. The van der Waals surface area contributed by atoms with Crippen LogP contribution in [0, 0.1) is 0 Å². The monoisotopic (exact) mass is 200 g/mol. The summed E-state index contributed by atoms with van der Waals surface area (Å²) in [4.78, 5) is 2.27. The molecule has 2 aromatic rings. The maximum absolute atomic E-state index is 5.76. The first-order valence-electron chi connectivity index (χ1n) is 4.94. The van der Waals surface area contributed by atoms with Crippen LogP contribution in [0.4, 0.5) is 11.4 Å². The number of nitrogens with two attached hydrogens (primary N) is 1. The number of H-pyrrole nitrogens is 1. The van der Waals surface area contributed by atoms with E-state index in [9.17, 15) is 0 Å². The number of hydrogen-bond donors (Lipinski definition) is 2. The number of nitrogens with one attached hydrogen (secondary N) is 1. The van der Waals surface area contributed by atoms with E-state index < -0.39 is 0 Å². The maximum Gasteiger partial charge on any atom is 0.0755 e. The molecule has 3 rings (SSSR count). The molecule has 1 aliphatic heterocycles. The number of nitrogens with zero attached hydrogens (tertiary/aromatic N) is 2. The Hall–Kier alpha value is -1.97. The van der Waals surface area contributed by atoms with Crippen molar-refractivity contribution in [1.82, 2.24) is 10.2 Å². The van der Waals surface area contributed by atoms with Gasteiger partial charge in [-0.05, 0) is 23.3 Å². The second kappa shape index (κ2) is 3.02. The van der Waals surface area contributed by atoms with Crippen molar-refractivity contribution in [3.05, 3.63) is 41.7 Å². The van der Waals surface area contributed by atoms with Crippen LogP contribution in [0.2, 0.25) is 0 Å². The molecule has 0 bridgehead atoms. The molecule has 0 amide bonds. The zero-order chi connectivity index (χ0) is 10.3. The first-order chi connectivity index (χ1) is 7.33. The average Bonchev–Trinajstić information content (AvgIpc) is 2.84. The summed E-state index contributed by atoms with van der Waals surface area (Å²) >= 11 is 0. The number of rotatable bonds is 1. The molecule has 0 saturated carbocycles. The van der Waals surface area contributed by atoms with E-state index in [-0.39, 0.29) is 0 Å². The first kappa shape index (κ1) is 8.35. The molecular weight excluding hydrogens is 188 g/mol. The van der Waals surface area contributed by atoms with E-state index in [0.717, 1.165) is 24.5 Å². The molecule has 15 heavy (non-hydrogen) atoms. The van der Waals surface area contributed by atoms with E-state index in [0.29, 0.717) is 0 Å². The largest absolute Gasteiger partial charge is 0.399 e. The Balaban J connectivity index is 1.92. The Morgan fingerprint density at radius 1 is 1.27 bits per heavy atom. The molecule has 1 aliphatic rings. The molecule has 0 aliphatic carbocycles. The second-order valence-electron chi connectivity index (χ2n) is 3.84. The third-order valence-corrected chi connectivity index (χ3v) is 2.80. The van der Waals surface area contributed by atoms with Crippen LogP contribution in [0.5, 0.6) is 0 Å². The lowest BCUT2D eigenvalue weighted by Gasteiger charge is -2.13. The predicted octanol–water partition coefficient (Wildman–Crippen LogP) is 1.51. The molecule has 1 aromatic heterocycles. The number of fused-ring (bicyclic) bond motifs is 1. The fourth-order valence-electron chi connectivity index (χ4n) is 2.01. The van der Waals surface area contributed by atoms with Crippen LogP contribution in [0.1, 0.15) is 11.1 Å². The first-order valence-corrected chi connectivity index (χ1v) is 4.94. The fraction of sp³-hybridized carbons (Fsp3) is 0.182. The van der Waals surface area contributed by atoms with Gasteiger partial charge in [-0.25, -0.2) is 0 Å². The van der Waals surface area contributed by atoms with Crippen molar-refractivity contribution in [3.63, 3.8) is 0 Å². The molecule has 0 fully saturated rings. The maximum atomic E-state index is 5.76. The Labute approximate surface area is 87.7 Å². The predicted molar refractivity (Wildman–Crippen MR) is 59.3 cm³/mol. The SMILES string of the molecule is Nc1ccc2c(c1)CN(c1cn[nH]c1)C2. The van der Waals surface area contributed by atoms with Gasteiger partial charge >= 0.3 is 0 Å². The lowest BCUT2D eigenvalue weighted by atomic mass is 10.1. The van der Waals surface area contributed by atoms with Gasteiger partial charge in [0, 0.05) is 25.0 Å². The zero-order valence-corrected chi connectivity index (χ0v) is 8.27. The molecule has 4 heteroatoms. The number of hydrogen-bond acceptors (Lipinski definition) is 3. The van der Waals surface area contributed by atoms with Crippen molar-refractivity contribution < 1.29 is 0 Å². The number of aromatic nitrogens is 2. The lowest BCUT2D eigenvalue weighted by molar-refractivity contribution is 0.881. The van der Waals surface area contributed by atoms with E-state index in [4.69, 9.17) is 5.73 Å². The van der Waals surface area contributed by atoms with Gasteiger partial charge in [-0.2, -0.15) is 5.10 Å². The topological polar surface area (TPSA) is 57.9 Å². The Kier molecular flexibility index (Phi) is 1.68. The van der Waals surface area contributed by atoms with Gasteiger partial charge in [-0.15, -0.1) is 0 Å². The molecule has 4 nitrogen and oxygen atoms in total. The summed E-state index contributed by atoms with van der Waals surface area (Å²) in [5.41, 5.74) is 10.4. The highest BCUT2D eigenvalue weighted by molar-refractivity contribution is 5.53. The smallest absolute Gasteiger partial charge is 0.0755 e. The van der Waals surface area contributed by atoms with E-state index in [1.54, 1.807) is 0 Å². The van der Waals surface area contributed by atoms with Gasteiger partial charge in [0.1, 0.15) is 0 Å². The van der Waals surface area contributed by atoms with Gasteiger partial charge in [-0.3, -0.25) is 5.10 Å². The van der Waals surface area contributed by atoms with Crippen molar-refractivity contribution in [2.45, 2.75) is 13.1 Å². The zero-order valence-electron chi connectivity index (χ0n) is 8.27. The Bertz CT molecular complexity index is 475. The fourth-order valence-corrected chi connectivity index (χ4v) is 2.01. The van der Waals surface area contributed by atoms with Gasteiger partial charge in [0.15, 0.2) is 0 Å². The third-order valence-electron chi connectivity index (χ3n) is 2.80. The lowest BCUT2D eigenvalue weighted by Crippen LogP contribution is -2.13. The minimum Gasteiger partial charge on any atom is -0.399 e. The summed E-state index contributed by atoms with van der Waals surface area (Å²) in [5.74, 6) is 0. The van der Waals surface area contributed by atoms with Crippen molar-refractivity contribution in [2.75, 3.05) is 10.6 Å². The van der Waals surface area contributed by atoms with Gasteiger partial charge in [0.2, 0.25) is 0 Å². The Morgan fingerprint density at radius 2 is 2.13 bits per heavy atom. The number of anilines is 2. The highest BCUT2D eigenvalue weighted by Crippen LogP contribution is 2.28. The summed E-state index contributed by atoms with van der Waals surface area (Å²) < 4.78 is 0. The minimum atomic E-state index is 0.836. The van der Waals surface area contributed by atoms with Crippen molar-refractivity contribution in [3.8, 4) is 0 Å². The molecule has 0 spiro atoms. The van der Waals surface area contributed by atoms with Crippen molar-refractivity contribution in [1.29, 1.82) is 0 Å². The highest BCUT2D eigenvalue weighted by atomic mass is 15.2. The summed E-state index contributed by atoms with van der Waals surface area (Å²) in [6.45, 7) is 1.86. The van der Waals surface area contributed by atoms with Gasteiger partial charge in [0.25, 0.3) is 0 Å². The van der Waals surface area contributed by atoms with Crippen LogP contribution in [0.3, 0.4) is 0 Å². The molecule has 0 radical (unpaired) electrons. The quantitative estimate of drug-likeness (QED) is 0.686. The van der Waals surface area contributed by atoms with Crippen molar-refractivity contribution in [2.24, 2.45) is 0 Å². The average molecular weight is 200 g/mol. The van der Waals surface area contributed by atoms with Crippen LogP contribution in [-0.2, 0) is 13.1 Å². The molecule has 2 heterocycles. The van der Waals surface area contributed by atoms with E-state index >= 15 is 0 Å². The second-order valence-corrected chi connectivity index (χ2v) is 3.84. The Morgan fingerprint density at radius 3 is 2.93 bits per heavy atom. The van der Waals surface area contributed by atoms with E-state index in [1.807, 2.05) is 18.5 Å². The van der Waals surface area contributed by atoms with Gasteiger partial charge in [-0.1, -0.05) is 6.07 Å². The van der Waals surface area contributed by atoms with E-state index in [2.05, 4.69) is 27.2 Å². The van der Waals surface area contributed by atoms with Crippen LogP contribution in [0.25, 0.3) is 0 Å². The molecule has 1 aromatic carbocycles. The molecule has 3 N–H and O–H groups in total. The van der Waals surface area contributed by atoms with Crippen LogP contribution >= 0.6 is 0 Å². The summed E-state index contributed by atoms with van der Waals surface area (Å²) in [6.07, 6.45) is 3.75. The molecule has 76 valence electrons. The van der Waals surface area contributed by atoms with Gasteiger partial charge < -0.3 is 10.6 Å². The van der Waals surface area contributed by atoms with Crippen LogP contribution in [-0.4, -0.2) is 10.2 Å². The summed E-state index contributed by atoms with van der Waals surface area (Å²) in [7, 11) is 0. The van der Waals surface area contributed by atoms with Crippen molar-refractivity contribution >= 4 is 11.4 Å². The standard InChI is InChI=1S/C11H12N4/c12-10-2-1-8-6-15(7-9(8)3-10)11-4-13-14-5-11/h1-5H,6-7,12H2,(H,13,14). The third kappa shape index (κ3) is 1.34. The number of aromatic amines is 1. The van der Waals surface area contributed by atoms with Gasteiger partial charge in [0.05, 0.1) is 11.9 Å². The van der Waals surface area contributed by atoms with Crippen LogP contribution < -0.4 is 10.6 Å². The molecule has 0 unspecified atom stereocenters. The van der Waals surface area contributed by atoms with Crippen LogP contribution in [0.15, 0.2) is 30.6 Å². The normalized spacial score (nSPS) is 14.3.